The maximum atomic E-state index is 3.53. The van der Waals surface area contributed by atoms with Crippen molar-refractivity contribution in [2.24, 2.45) is 23.7 Å². The molecule has 3 aliphatic carbocycles. The van der Waals surface area contributed by atoms with Crippen molar-refractivity contribution in [2.75, 3.05) is 7.05 Å². The normalized spacial score (nSPS) is 56.2. The van der Waals surface area contributed by atoms with Crippen molar-refractivity contribution < 1.29 is 0 Å². The topological polar surface area (TPSA) is 12.0 Å². The van der Waals surface area contributed by atoms with E-state index in [1.807, 2.05) is 0 Å². The van der Waals surface area contributed by atoms with E-state index in [1.54, 1.807) is 25.7 Å². The monoisotopic (exact) mass is 165 g/mol. The van der Waals surface area contributed by atoms with E-state index in [4.69, 9.17) is 0 Å². The van der Waals surface area contributed by atoms with E-state index >= 15 is 0 Å². The summed E-state index contributed by atoms with van der Waals surface area (Å²) in [6.45, 7) is 0. The smallest absolute Gasteiger partial charge is 0.00977 e. The van der Waals surface area contributed by atoms with Crippen LogP contribution in [0, 0.1) is 23.7 Å². The Morgan fingerprint density at radius 2 is 1.67 bits per heavy atom. The summed E-state index contributed by atoms with van der Waals surface area (Å²) in [6, 6.07) is 0.876. The maximum Gasteiger partial charge on any atom is 0.00977 e. The first-order chi connectivity index (χ1) is 5.86. The van der Waals surface area contributed by atoms with Crippen molar-refractivity contribution in [1.82, 2.24) is 5.32 Å². The van der Waals surface area contributed by atoms with E-state index < -0.39 is 0 Å². The van der Waals surface area contributed by atoms with Crippen LogP contribution in [0.4, 0.5) is 0 Å². The molecular formula is C11H19N. The minimum absolute atomic E-state index is 0.876. The fourth-order valence-corrected chi connectivity index (χ4v) is 4.29. The van der Waals surface area contributed by atoms with E-state index in [2.05, 4.69) is 12.4 Å². The van der Waals surface area contributed by atoms with E-state index in [-0.39, 0.29) is 0 Å². The van der Waals surface area contributed by atoms with Gasteiger partial charge in [-0.15, -0.1) is 0 Å². The van der Waals surface area contributed by atoms with Gasteiger partial charge in [-0.05, 0) is 62.8 Å². The summed E-state index contributed by atoms with van der Waals surface area (Å²) < 4.78 is 0. The van der Waals surface area contributed by atoms with E-state index in [0.717, 1.165) is 29.7 Å². The summed E-state index contributed by atoms with van der Waals surface area (Å²) in [7, 11) is 2.16. The fraction of sp³-hybridized carbons (Fsp3) is 1.00. The summed E-state index contributed by atoms with van der Waals surface area (Å²) in [5, 5.41) is 3.53. The molecule has 0 heterocycles. The summed E-state index contributed by atoms with van der Waals surface area (Å²) in [5.74, 6) is 4.38. The predicted molar refractivity (Wildman–Crippen MR) is 49.9 cm³/mol. The van der Waals surface area contributed by atoms with Crippen molar-refractivity contribution in [3.63, 3.8) is 0 Å². The lowest BCUT2D eigenvalue weighted by atomic mass is 9.70. The number of fused-ring (bicyclic) bond motifs is 2. The largest absolute Gasteiger partial charge is 0.317 e. The van der Waals surface area contributed by atoms with E-state index in [0.29, 0.717) is 0 Å². The highest BCUT2D eigenvalue weighted by atomic mass is 14.9. The predicted octanol–water partition coefficient (Wildman–Crippen LogP) is 2.03. The first-order valence-electron chi connectivity index (χ1n) is 5.54. The first kappa shape index (κ1) is 7.37. The van der Waals surface area contributed by atoms with Crippen LogP contribution in [0.2, 0.25) is 0 Å². The van der Waals surface area contributed by atoms with Crippen molar-refractivity contribution >= 4 is 0 Å². The average molecular weight is 165 g/mol. The van der Waals surface area contributed by atoms with Crippen LogP contribution in [0.15, 0.2) is 0 Å². The van der Waals surface area contributed by atoms with Crippen LogP contribution in [0.25, 0.3) is 0 Å². The zero-order valence-corrected chi connectivity index (χ0v) is 7.92. The summed E-state index contributed by atoms with van der Waals surface area (Å²) in [5.41, 5.74) is 0. The lowest BCUT2D eigenvalue weighted by Gasteiger charge is -2.39. The molecule has 1 heteroatoms. The molecule has 1 nitrogen and oxygen atoms in total. The van der Waals surface area contributed by atoms with Crippen LogP contribution in [0.1, 0.15) is 32.1 Å². The Morgan fingerprint density at radius 1 is 0.917 bits per heavy atom. The van der Waals surface area contributed by atoms with Crippen LogP contribution in [0.5, 0.6) is 0 Å². The van der Waals surface area contributed by atoms with Crippen LogP contribution in [-0.2, 0) is 0 Å². The quantitative estimate of drug-likeness (QED) is 0.627. The molecule has 1 N–H and O–H groups in total. The number of hydrogen-bond acceptors (Lipinski definition) is 1. The Morgan fingerprint density at radius 3 is 2.42 bits per heavy atom. The zero-order valence-electron chi connectivity index (χ0n) is 7.92. The molecule has 3 rings (SSSR count). The van der Waals surface area contributed by atoms with Crippen molar-refractivity contribution in [1.29, 1.82) is 0 Å². The van der Waals surface area contributed by atoms with Gasteiger partial charge in [0.15, 0.2) is 0 Å². The lowest BCUT2D eigenvalue weighted by Crippen LogP contribution is -2.41. The van der Waals surface area contributed by atoms with Gasteiger partial charge in [0.1, 0.15) is 0 Å². The van der Waals surface area contributed by atoms with Crippen molar-refractivity contribution in [3.05, 3.63) is 0 Å². The van der Waals surface area contributed by atoms with E-state index in [9.17, 15) is 0 Å². The Hall–Kier alpha value is -0.0400. The third-order valence-electron chi connectivity index (χ3n) is 4.62. The number of rotatable bonds is 1. The average Bonchev–Trinajstić information content (AvgIpc) is 2.29. The minimum atomic E-state index is 0.876. The van der Waals surface area contributed by atoms with Gasteiger partial charge in [0.05, 0.1) is 0 Å². The molecule has 5 atom stereocenters. The highest BCUT2D eigenvalue weighted by Crippen LogP contribution is 2.54. The Kier molecular flexibility index (Phi) is 1.52. The molecule has 5 unspecified atom stereocenters. The Bertz CT molecular complexity index is 187. The van der Waals surface area contributed by atoms with Crippen LogP contribution in [-0.4, -0.2) is 13.1 Å². The van der Waals surface area contributed by atoms with Crippen LogP contribution >= 0.6 is 0 Å². The fourth-order valence-electron chi connectivity index (χ4n) is 4.29. The van der Waals surface area contributed by atoms with Gasteiger partial charge in [0, 0.05) is 6.04 Å². The second-order valence-electron chi connectivity index (χ2n) is 5.23. The second-order valence-corrected chi connectivity index (χ2v) is 5.23. The summed E-state index contributed by atoms with van der Waals surface area (Å²) in [6.07, 6.45) is 7.73. The first-order valence-corrected chi connectivity index (χ1v) is 5.54. The molecule has 0 aromatic rings. The SMILES string of the molecule is CNC1CC2CC3CC(C2)C1C3. The third-order valence-corrected chi connectivity index (χ3v) is 4.62. The second kappa shape index (κ2) is 2.47. The minimum Gasteiger partial charge on any atom is -0.317 e. The van der Waals surface area contributed by atoms with Crippen molar-refractivity contribution in [2.45, 2.75) is 38.1 Å². The van der Waals surface area contributed by atoms with Gasteiger partial charge in [-0.3, -0.25) is 0 Å². The summed E-state index contributed by atoms with van der Waals surface area (Å²) >= 11 is 0. The molecule has 0 aliphatic heterocycles. The molecule has 0 saturated heterocycles. The molecule has 3 bridgehead atoms. The molecule has 3 fully saturated rings. The molecule has 0 radical (unpaired) electrons. The third kappa shape index (κ3) is 0.891. The molecule has 0 amide bonds. The number of nitrogens with one attached hydrogen (secondary N) is 1. The maximum absolute atomic E-state index is 3.53. The highest BCUT2D eigenvalue weighted by Gasteiger charge is 2.48. The van der Waals surface area contributed by atoms with Gasteiger partial charge in [0.25, 0.3) is 0 Å². The molecule has 12 heavy (non-hydrogen) atoms. The standard InChI is InChI=1S/C11H19N/c1-12-11-6-8-2-7-3-9(4-8)10(11)5-7/h7-12H,2-6H2,1H3. The van der Waals surface area contributed by atoms with E-state index in [1.165, 1.54) is 6.42 Å². The van der Waals surface area contributed by atoms with Gasteiger partial charge in [-0.1, -0.05) is 0 Å². The van der Waals surface area contributed by atoms with Crippen LogP contribution in [0.3, 0.4) is 0 Å². The molecule has 0 spiro atoms. The van der Waals surface area contributed by atoms with Crippen LogP contribution < -0.4 is 5.32 Å². The zero-order chi connectivity index (χ0) is 8.13. The van der Waals surface area contributed by atoms with Gasteiger partial charge >= 0.3 is 0 Å². The van der Waals surface area contributed by atoms with Crippen molar-refractivity contribution in [3.8, 4) is 0 Å². The Labute approximate surface area is 74.9 Å². The molecule has 3 aliphatic rings. The van der Waals surface area contributed by atoms with Gasteiger partial charge in [0.2, 0.25) is 0 Å². The summed E-state index contributed by atoms with van der Waals surface area (Å²) in [4.78, 5) is 0. The van der Waals surface area contributed by atoms with Gasteiger partial charge in [-0.25, -0.2) is 0 Å². The molecule has 68 valence electrons. The number of hydrogen-bond donors (Lipinski definition) is 1. The lowest BCUT2D eigenvalue weighted by molar-refractivity contribution is 0.142. The highest BCUT2D eigenvalue weighted by molar-refractivity contribution is 5.00. The molecule has 0 aromatic carbocycles. The molecular weight excluding hydrogens is 146 g/mol. The van der Waals surface area contributed by atoms with Gasteiger partial charge in [-0.2, -0.15) is 0 Å². The molecule has 3 saturated carbocycles. The van der Waals surface area contributed by atoms with Gasteiger partial charge < -0.3 is 5.32 Å². The molecule has 0 aromatic heterocycles. The Balaban J connectivity index is 1.88.